The summed E-state index contributed by atoms with van der Waals surface area (Å²) >= 11 is 5.89. The van der Waals surface area contributed by atoms with Crippen molar-refractivity contribution in [3.05, 3.63) is 29.3 Å². The summed E-state index contributed by atoms with van der Waals surface area (Å²) in [6, 6.07) is 6.55. The van der Waals surface area contributed by atoms with Crippen LogP contribution in [0.3, 0.4) is 0 Å². The van der Waals surface area contributed by atoms with E-state index in [0.717, 1.165) is 25.9 Å². The number of rotatable bonds is 4. The topological polar surface area (TPSA) is 49.4 Å². The van der Waals surface area contributed by atoms with Crippen molar-refractivity contribution in [1.82, 2.24) is 9.62 Å². The van der Waals surface area contributed by atoms with Crippen molar-refractivity contribution < 1.29 is 8.42 Å². The summed E-state index contributed by atoms with van der Waals surface area (Å²) in [5.74, 6) is 0. The van der Waals surface area contributed by atoms with Gasteiger partial charge in [0.05, 0.1) is 4.90 Å². The Hall–Kier alpha value is -0.620. The molecule has 0 bridgehead atoms. The van der Waals surface area contributed by atoms with Gasteiger partial charge in [-0.15, -0.1) is 0 Å². The third-order valence-electron chi connectivity index (χ3n) is 3.43. The Bertz CT molecular complexity index is 527. The van der Waals surface area contributed by atoms with E-state index in [1.54, 1.807) is 22.5 Å². The second-order valence-corrected chi connectivity index (χ2v) is 6.97. The lowest BCUT2D eigenvalue weighted by atomic mass is 10.1. The molecule has 19 heavy (non-hydrogen) atoms. The monoisotopic (exact) mass is 302 g/mol. The average Bonchev–Trinajstić information content (AvgIpc) is 2.40. The Morgan fingerprint density at radius 2 is 2.05 bits per heavy atom. The molecule has 0 aliphatic carbocycles. The van der Waals surface area contributed by atoms with Gasteiger partial charge >= 0.3 is 0 Å². The zero-order chi connectivity index (χ0) is 13.9. The van der Waals surface area contributed by atoms with E-state index in [9.17, 15) is 8.42 Å². The van der Waals surface area contributed by atoms with Crippen LogP contribution < -0.4 is 5.32 Å². The minimum absolute atomic E-state index is 0.0789. The fourth-order valence-corrected chi connectivity index (χ4v) is 4.48. The molecule has 0 saturated carbocycles. The van der Waals surface area contributed by atoms with Crippen LogP contribution >= 0.6 is 11.6 Å². The van der Waals surface area contributed by atoms with E-state index in [-0.39, 0.29) is 10.9 Å². The number of benzene rings is 1. The van der Waals surface area contributed by atoms with Gasteiger partial charge in [0.2, 0.25) is 10.0 Å². The molecule has 1 aromatic rings. The lowest BCUT2D eigenvalue weighted by Gasteiger charge is -2.33. The maximum absolute atomic E-state index is 12.7. The summed E-state index contributed by atoms with van der Waals surface area (Å²) in [6.07, 6.45) is 1.71. The Labute approximate surface area is 119 Å². The number of hydrogen-bond donors (Lipinski definition) is 1. The van der Waals surface area contributed by atoms with E-state index in [2.05, 4.69) is 5.32 Å². The molecule has 1 aliphatic heterocycles. The van der Waals surface area contributed by atoms with Crippen molar-refractivity contribution in [2.75, 3.05) is 19.6 Å². The summed E-state index contributed by atoms with van der Waals surface area (Å²) in [6.45, 7) is 4.10. The summed E-state index contributed by atoms with van der Waals surface area (Å²) in [5, 5.41) is 3.70. The maximum Gasteiger partial charge on any atom is 0.243 e. The lowest BCUT2D eigenvalue weighted by Crippen LogP contribution is -2.45. The highest BCUT2D eigenvalue weighted by atomic mass is 35.5. The quantitative estimate of drug-likeness (QED) is 0.926. The smallest absolute Gasteiger partial charge is 0.243 e. The molecule has 2 rings (SSSR count). The van der Waals surface area contributed by atoms with Gasteiger partial charge in [0.15, 0.2) is 0 Å². The molecule has 1 fully saturated rings. The second kappa shape index (κ2) is 6.22. The van der Waals surface area contributed by atoms with Gasteiger partial charge in [-0.2, -0.15) is 4.31 Å². The molecule has 0 amide bonds. The lowest BCUT2D eigenvalue weighted by molar-refractivity contribution is 0.271. The van der Waals surface area contributed by atoms with Crippen LogP contribution in [0, 0.1) is 0 Å². The Kier molecular flexibility index (Phi) is 4.84. The van der Waals surface area contributed by atoms with Gasteiger partial charge in [0.1, 0.15) is 0 Å². The summed E-state index contributed by atoms with van der Waals surface area (Å²) in [7, 11) is -3.45. The normalized spacial score (nSPS) is 17.8. The molecule has 1 aliphatic rings. The van der Waals surface area contributed by atoms with Crippen molar-refractivity contribution in [2.24, 2.45) is 0 Å². The third kappa shape index (κ3) is 3.28. The maximum atomic E-state index is 12.7. The van der Waals surface area contributed by atoms with Crippen LogP contribution in [0.4, 0.5) is 0 Å². The number of nitrogens with one attached hydrogen (secondary N) is 1. The first kappa shape index (κ1) is 14.8. The van der Waals surface area contributed by atoms with Crippen molar-refractivity contribution in [2.45, 2.75) is 30.7 Å². The van der Waals surface area contributed by atoms with Gasteiger partial charge in [0.25, 0.3) is 0 Å². The largest absolute Gasteiger partial charge is 0.317 e. The average molecular weight is 303 g/mol. The standard InChI is InChI=1S/C13H19ClN2O2S/c1-2-16(12-6-8-15-9-7-12)19(17,18)13-5-3-4-11(14)10-13/h3-5,10,12,15H,2,6-9H2,1H3. The number of piperidine rings is 1. The minimum Gasteiger partial charge on any atom is -0.317 e. The molecule has 1 saturated heterocycles. The number of halogens is 1. The Morgan fingerprint density at radius 3 is 2.63 bits per heavy atom. The van der Waals surface area contributed by atoms with Crippen molar-refractivity contribution in [3.63, 3.8) is 0 Å². The van der Waals surface area contributed by atoms with Gasteiger partial charge in [0, 0.05) is 17.6 Å². The highest BCUT2D eigenvalue weighted by Crippen LogP contribution is 2.24. The third-order valence-corrected chi connectivity index (χ3v) is 5.69. The summed E-state index contributed by atoms with van der Waals surface area (Å²) in [4.78, 5) is 0.278. The minimum atomic E-state index is -3.45. The van der Waals surface area contributed by atoms with Gasteiger partial charge in [-0.25, -0.2) is 8.42 Å². The van der Waals surface area contributed by atoms with Crippen LogP contribution in [0.5, 0.6) is 0 Å². The number of nitrogens with zero attached hydrogens (tertiary/aromatic N) is 1. The summed E-state index contributed by atoms with van der Waals surface area (Å²) < 4.78 is 26.9. The Morgan fingerprint density at radius 1 is 1.37 bits per heavy atom. The molecule has 0 radical (unpaired) electrons. The number of sulfonamides is 1. The highest BCUT2D eigenvalue weighted by Gasteiger charge is 2.30. The van der Waals surface area contributed by atoms with E-state index in [4.69, 9.17) is 11.6 Å². The fraction of sp³-hybridized carbons (Fsp3) is 0.538. The zero-order valence-corrected chi connectivity index (χ0v) is 12.5. The van der Waals surface area contributed by atoms with Crippen LogP contribution in [0.1, 0.15) is 19.8 Å². The SMILES string of the molecule is CCN(C1CCNCC1)S(=O)(=O)c1cccc(Cl)c1. The van der Waals surface area contributed by atoms with Gasteiger partial charge in [-0.05, 0) is 44.1 Å². The van der Waals surface area contributed by atoms with Gasteiger partial charge in [-0.3, -0.25) is 0 Å². The van der Waals surface area contributed by atoms with Crippen molar-refractivity contribution >= 4 is 21.6 Å². The van der Waals surface area contributed by atoms with E-state index >= 15 is 0 Å². The first-order valence-corrected chi connectivity index (χ1v) is 8.35. The van der Waals surface area contributed by atoms with Gasteiger partial charge in [-0.1, -0.05) is 24.6 Å². The predicted molar refractivity (Wildman–Crippen MR) is 76.9 cm³/mol. The van der Waals surface area contributed by atoms with E-state index in [1.165, 1.54) is 6.07 Å². The first-order valence-electron chi connectivity index (χ1n) is 6.54. The predicted octanol–water partition coefficient (Wildman–Crippen LogP) is 2.10. The van der Waals surface area contributed by atoms with Crippen LogP contribution in [-0.4, -0.2) is 38.4 Å². The zero-order valence-electron chi connectivity index (χ0n) is 11.0. The van der Waals surface area contributed by atoms with E-state index < -0.39 is 10.0 Å². The molecule has 106 valence electrons. The fourth-order valence-electron chi connectivity index (χ4n) is 2.48. The molecule has 0 aromatic heterocycles. The molecule has 1 N–H and O–H groups in total. The molecule has 0 atom stereocenters. The van der Waals surface area contributed by atoms with Crippen LogP contribution in [0.25, 0.3) is 0 Å². The van der Waals surface area contributed by atoms with Crippen molar-refractivity contribution in [1.29, 1.82) is 0 Å². The van der Waals surface area contributed by atoms with Crippen LogP contribution in [0.15, 0.2) is 29.2 Å². The second-order valence-electron chi connectivity index (χ2n) is 4.65. The first-order chi connectivity index (χ1) is 9.05. The molecule has 1 heterocycles. The molecular formula is C13H19ClN2O2S. The van der Waals surface area contributed by atoms with E-state index in [1.807, 2.05) is 6.92 Å². The molecule has 0 spiro atoms. The van der Waals surface area contributed by atoms with Gasteiger partial charge < -0.3 is 5.32 Å². The summed E-state index contributed by atoms with van der Waals surface area (Å²) in [5.41, 5.74) is 0. The van der Waals surface area contributed by atoms with Crippen LogP contribution in [-0.2, 0) is 10.0 Å². The van der Waals surface area contributed by atoms with E-state index in [0.29, 0.717) is 11.6 Å². The van der Waals surface area contributed by atoms with Crippen molar-refractivity contribution in [3.8, 4) is 0 Å². The highest BCUT2D eigenvalue weighted by molar-refractivity contribution is 7.89. The molecule has 6 heteroatoms. The Balaban J connectivity index is 2.30. The molecule has 4 nitrogen and oxygen atoms in total. The molecular weight excluding hydrogens is 284 g/mol. The van der Waals surface area contributed by atoms with Crippen LogP contribution in [0.2, 0.25) is 5.02 Å². The number of hydrogen-bond acceptors (Lipinski definition) is 3. The molecule has 1 aromatic carbocycles. The molecule has 0 unspecified atom stereocenters.